The lowest BCUT2D eigenvalue weighted by Gasteiger charge is -2.45. The lowest BCUT2D eigenvalue weighted by Crippen LogP contribution is -2.56. The van der Waals surface area contributed by atoms with E-state index in [4.69, 9.17) is 5.10 Å². The van der Waals surface area contributed by atoms with Crippen LogP contribution in [0.25, 0.3) is 10.9 Å². The number of carbonyl (C=O) groups is 1. The average Bonchev–Trinajstić information content (AvgIpc) is 3.13. The van der Waals surface area contributed by atoms with Gasteiger partial charge in [-0.1, -0.05) is 36.4 Å². The number of benzene rings is 2. The van der Waals surface area contributed by atoms with Gasteiger partial charge in [-0.05, 0) is 49.5 Å². The lowest BCUT2D eigenvalue weighted by molar-refractivity contribution is 0.0699. The molecule has 0 radical (unpaired) electrons. The number of piperidine rings is 3. The second-order valence-electron chi connectivity index (χ2n) is 8.54. The van der Waals surface area contributed by atoms with E-state index in [1.807, 2.05) is 35.0 Å². The molecule has 0 amide bonds. The van der Waals surface area contributed by atoms with E-state index >= 15 is 0 Å². The zero-order valence-electron chi connectivity index (χ0n) is 17.1. The van der Waals surface area contributed by atoms with Crippen LogP contribution in [-0.4, -0.2) is 58.0 Å². The molecule has 3 fully saturated rings. The Hall–Kier alpha value is -2.70. The molecular formula is C24H28N4O2. The fraction of sp³-hybridized carbons (Fsp3) is 0.417. The highest BCUT2D eigenvalue weighted by Gasteiger charge is 2.33. The van der Waals surface area contributed by atoms with Gasteiger partial charge in [0.05, 0.1) is 23.3 Å². The van der Waals surface area contributed by atoms with Crippen molar-refractivity contribution in [3.05, 3.63) is 65.4 Å². The summed E-state index contributed by atoms with van der Waals surface area (Å²) >= 11 is 0. The van der Waals surface area contributed by atoms with Crippen LogP contribution in [0.3, 0.4) is 0 Å². The number of carboxylic acids is 1. The summed E-state index contributed by atoms with van der Waals surface area (Å²) in [5.41, 5.74) is 3.24. The van der Waals surface area contributed by atoms with Crippen LogP contribution < -0.4 is 5.32 Å². The fourth-order valence-electron chi connectivity index (χ4n) is 5.11. The summed E-state index contributed by atoms with van der Waals surface area (Å²) in [6, 6.07) is 16.2. The van der Waals surface area contributed by atoms with Gasteiger partial charge >= 0.3 is 5.97 Å². The summed E-state index contributed by atoms with van der Waals surface area (Å²) in [6.45, 7) is 5.06. The third-order valence-electron chi connectivity index (χ3n) is 6.68. The van der Waals surface area contributed by atoms with E-state index in [9.17, 15) is 9.90 Å². The van der Waals surface area contributed by atoms with E-state index < -0.39 is 5.97 Å². The Morgan fingerprint density at radius 3 is 2.60 bits per heavy atom. The first-order chi connectivity index (χ1) is 14.7. The molecule has 3 aliphatic rings. The maximum atomic E-state index is 11.9. The maximum Gasteiger partial charge on any atom is 0.336 e. The molecule has 1 aromatic heterocycles. The number of hydrogen-bond acceptors (Lipinski definition) is 4. The quantitative estimate of drug-likeness (QED) is 0.634. The molecule has 3 aromatic rings. The van der Waals surface area contributed by atoms with Crippen molar-refractivity contribution in [1.82, 2.24) is 20.0 Å². The van der Waals surface area contributed by atoms with Gasteiger partial charge in [-0.15, -0.1) is 0 Å². The highest BCUT2D eigenvalue weighted by Crippen LogP contribution is 2.28. The van der Waals surface area contributed by atoms with Crippen molar-refractivity contribution in [3.63, 3.8) is 0 Å². The third-order valence-corrected chi connectivity index (χ3v) is 6.68. The number of aromatic nitrogens is 2. The molecule has 6 rings (SSSR count). The topological polar surface area (TPSA) is 70.4 Å². The Kier molecular flexibility index (Phi) is 5.27. The molecule has 3 saturated heterocycles. The molecule has 3 aliphatic heterocycles. The van der Waals surface area contributed by atoms with Crippen LogP contribution >= 0.6 is 0 Å². The molecule has 2 bridgehead atoms. The van der Waals surface area contributed by atoms with Gasteiger partial charge in [-0.2, -0.15) is 5.10 Å². The second-order valence-corrected chi connectivity index (χ2v) is 8.54. The Morgan fingerprint density at radius 1 is 1.10 bits per heavy atom. The molecule has 0 spiro atoms. The minimum Gasteiger partial charge on any atom is -0.478 e. The summed E-state index contributed by atoms with van der Waals surface area (Å²) in [5, 5.41) is 19.1. The zero-order valence-corrected chi connectivity index (χ0v) is 17.1. The van der Waals surface area contributed by atoms with Crippen LogP contribution in [0.1, 0.15) is 34.5 Å². The summed E-state index contributed by atoms with van der Waals surface area (Å²) < 4.78 is 1.95. The molecule has 0 aliphatic carbocycles. The molecule has 4 heterocycles. The van der Waals surface area contributed by atoms with Gasteiger partial charge in [0.15, 0.2) is 0 Å². The SMILES string of the molecule is O=C(O)c1cccc2c1c(CCN[C@@H]1CN3CCC1CC3)nn2Cc1ccccc1. The molecule has 156 valence electrons. The summed E-state index contributed by atoms with van der Waals surface area (Å²) in [6.07, 6.45) is 3.30. The number of carboxylic acid groups (broad SMARTS) is 1. The molecule has 0 unspecified atom stereocenters. The van der Waals surface area contributed by atoms with Crippen molar-refractivity contribution in [3.8, 4) is 0 Å². The number of fused-ring (bicyclic) bond motifs is 4. The second kappa shape index (κ2) is 8.20. The molecule has 6 nitrogen and oxygen atoms in total. The van der Waals surface area contributed by atoms with Crippen LogP contribution in [0, 0.1) is 5.92 Å². The predicted molar refractivity (Wildman–Crippen MR) is 117 cm³/mol. The Bertz CT molecular complexity index is 1040. The molecular weight excluding hydrogens is 376 g/mol. The Labute approximate surface area is 176 Å². The first kappa shape index (κ1) is 19.3. The van der Waals surface area contributed by atoms with Crippen molar-refractivity contribution in [2.24, 2.45) is 5.92 Å². The molecule has 0 saturated carbocycles. The number of rotatable bonds is 7. The van der Waals surface area contributed by atoms with Crippen molar-refractivity contribution in [1.29, 1.82) is 0 Å². The van der Waals surface area contributed by atoms with E-state index in [1.54, 1.807) is 6.07 Å². The highest BCUT2D eigenvalue weighted by molar-refractivity contribution is 6.04. The van der Waals surface area contributed by atoms with E-state index in [1.165, 1.54) is 25.9 Å². The Balaban J connectivity index is 1.39. The van der Waals surface area contributed by atoms with E-state index in [0.29, 0.717) is 18.2 Å². The summed E-state index contributed by atoms with van der Waals surface area (Å²) in [7, 11) is 0. The highest BCUT2D eigenvalue weighted by atomic mass is 16.4. The predicted octanol–water partition coefficient (Wildman–Crippen LogP) is 3.01. The number of nitrogens with zero attached hydrogens (tertiary/aromatic N) is 3. The number of nitrogens with one attached hydrogen (secondary N) is 1. The van der Waals surface area contributed by atoms with E-state index in [0.717, 1.165) is 47.6 Å². The van der Waals surface area contributed by atoms with Gasteiger partial charge < -0.3 is 15.3 Å². The molecule has 2 N–H and O–H groups in total. The van der Waals surface area contributed by atoms with Gasteiger partial charge in [0.25, 0.3) is 0 Å². The number of aromatic carboxylic acids is 1. The minimum atomic E-state index is -0.897. The largest absolute Gasteiger partial charge is 0.478 e. The summed E-state index contributed by atoms with van der Waals surface area (Å²) in [4.78, 5) is 14.4. The molecule has 30 heavy (non-hydrogen) atoms. The van der Waals surface area contributed by atoms with Crippen molar-refractivity contribution in [2.45, 2.75) is 31.8 Å². The van der Waals surface area contributed by atoms with Crippen molar-refractivity contribution in [2.75, 3.05) is 26.2 Å². The van der Waals surface area contributed by atoms with Gasteiger partial charge in [-0.25, -0.2) is 4.79 Å². The molecule has 2 aromatic carbocycles. The van der Waals surface area contributed by atoms with Crippen molar-refractivity contribution < 1.29 is 9.90 Å². The van der Waals surface area contributed by atoms with Crippen LogP contribution in [0.5, 0.6) is 0 Å². The van der Waals surface area contributed by atoms with Crippen LogP contribution in [0.4, 0.5) is 0 Å². The van der Waals surface area contributed by atoms with E-state index in [-0.39, 0.29) is 0 Å². The van der Waals surface area contributed by atoms with Gasteiger partial charge in [-0.3, -0.25) is 4.68 Å². The standard InChI is InChI=1S/C24H28N4O2/c29-24(30)19-7-4-8-22-23(19)20(26-28(22)15-17-5-2-1-3-6-17)9-12-25-21-16-27-13-10-18(21)11-14-27/h1-8,18,21,25H,9-16H2,(H,29,30)/t21-/m1/s1. The molecule has 1 atom stereocenters. The normalized spacial score (nSPS) is 23.1. The summed E-state index contributed by atoms with van der Waals surface area (Å²) in [5.74, 6) is -0.122. The fourth-order valence-corrected chi connectivity index (χ4v) is 5.11. The minimum absolute atomic E-state index is 0.338. The van der Waals surface area contributed by atoms with Crippen LogP contribution in [0.15, 0.2) is 48.5 Å². The van der Waals surface area contributed by atoms with Crippen LogP contribution in [0.2, 0.25) is 0 Å². The maximum absolute atomic E-state index is 11.9. The van der Waals surface area contributed by atoms with E-state index in [2.05, 4.69) is 22.3 Å². The van der Waals surface area contributed by atoms with Gasteiger partial charge in [0.1, 0.15) is 0 Å². The lowest BCUT2D eigenvalue weighted by atomic mass is 9.84. The van der Waals surface area contributed by atoms with Crippen molar-refractivity contribution >= 4 is 16.9 Å². The van der Waals surface area contributed by atoms with Gasteiger partial charge in [0.2, 0.25) is 0 Å². The van der Waals surface area contributed by atoms with Crippen LogP contribution in [-0.2, 0) is 13.0 Å². The smallest absolute Gasteiger partial charge is 0.336 e. The number of hydrogen-bond donors (Lipinski definition) is 2. The first-order valence-corrected chi connectivity index (χ1v) is 10.9. The van der Waals surface area contributed by atoms with Gasteiger partial charge in [0, 0.05) is 30.9 Å². The first-order valence-electron chi connectivity index (χ1n) is 10.9. The molecule has 6 heteroatoms. The third kappa shape index (κ3) is 3.73. The monoisotopic (exact) mass is 404 g/mol. The average molecular weight is 405 g/mol. The zero-order chi connectivity index (χ0) is 20.5. The Morgan fingerprint density at radius 2 is 1.90 bits per heavy atom.